The van der Waals surface area contributed by atoms with E-state index < -0.39 is 0 Å². The minimum Gasteiger partial charge on any atom is -0.339 e. The van der Waals surface area contributed by atoms with Gasteiger partial charge in [0.25, 0.3) is 0 Å². The third-order valence-electron chi connectivity index (χ3n) is 5.73. The molecule has 1 saturated heterocycles. The Morgan fingerprint density at radius 3 is 2.69 bits per heavy atom. The van der Waals surface area contributed by atoms with Crippen LogP contribution < -0.4 is 0 Å². The highest BCUT2D eigenvalue weighted by Crippen LogP contribution is 2.46. The van der Waals surface area contributed by atoms with E-state index in [4.69, 9.17) is 11.6 Å². The van der Waals surface area contributed by atoms with Gasteiger partial charge in [-0.15, -0.1) is 11.8 Å². The first-order valence-corrected chi connectivity index (χ1v) is 10.9. The van der Waals surface area contributed by atoms with Gasteiger partial charge in [-0.3, -0.25) is 0 Å². The summed E-state index contributed by atoms with van der Waals surface area (Å²) in [6.45, 7) is 4.68. The van der Waals surface area contributed by atoms with Crippen LogP contribution in [0.15, 0.2) is 47.4 Å². The van der Waals surface area contributed by atoms with Crippen molar-refractivity contribution in [2.24, 2.45) is 0 Å². The lowest BCUT2D eigenvalue weighted by molar-refractivity contribution is 0.222. The number of halogens is 1. The normalized spacial score (nSPS) is 17.3. The Balaban J connectivity index is 1.62. The highest BCUT2D eigenvalue weighted by atomic mass is 35.5. The van der Waals surface area contributed by atoms with Gasteiger partial charge in [0.2, 0.25) is 0 Å². The van der Waals surface area contributed by atoms with Gasteiger partial charge >= 0.3 is 0 Å². The third kappa shape index (κ3) is 2.87. The van der Waals surface area contributed by atoms with Gasteiger partial charge in [-0.25, -0.2) is 0 Å². The van der Waals surface area contributed by atoms with Crippen LogP contribution in [0.3, 0.4) is 0 Å². The molecule has 5 rings (SSSR count). The van der Waals surface area contributed by atoms with Crippen molar-refractivity contribution in [2.75, 3.05) is 19.6 Å². The molecule has 134 valence electrons. The first kappa shape index (κ1) is 16.7. The number of fused-ring (bicyclic) bond motifs is 5. The first-order valence-electron chi connectivity index (χ1n) is 9.56. The number of likely N-dealkylation sites (tertiary alicyclic amines) is 1. The molecule has 3 aromatic rings. The van der Waals surface area contributed by atoms with Crippen LogP contribution in [0.5, 0.6) is 0 Å². The smallest absolute Gasteiger partial charge is 0.0544 e. The lowest BCUT2D eigenvalue weighted by Gasteiger charge is -2.27. The van der Waals surface area contributed by atoms with Crippen LogP contribution in [0.4, 0.5) is 0 Å². The third-order valence-corrected chi connectivity index (χ3v) is 7.07. The van der Waals surface area contributed by atoms with Crippen molar-refractivity contribution in [1.29, 1.82) is 0 Å². The Bertz CT molecular complexity index is 956. The van der Waals surface area contributed by atoms with Crippen molar-refractivity contribution in [3.63, 3.8) is 0 Å². The summed E-state index contributed by atoms with van der Waals surface area (Å²) in [6, 6.07) is 15.2. The summed E-state index contributed by atoms with van der Waals surface area (Å²) in [5, 5.41) is 2.23. The van der Waals surface area contributed by atoms with Crippen molar-refractivity contribution < 1.29 is 0 Å². The summed E-state index contributed by atoms with van der Waals surface area (Å²) < 4.78 is 2.55. The highest BCUT2D eigenvalue weighted by molar-refractivity contribution is 7.98. The van der Waals surface area contributed by atoms with Crippen molar-refractivity contribution in [1.82, 2.24) is 9.47 Å². The van der Waals surface area contributed by atoms with Gasteiger partial charge in [0.1, 0.15) is 0 Å². The highest BCUT2D eigenvalue weighted by Gasteiger charge is 2.25. The van der Waals surface area contributed by atoms with Gasteiger partial charge in [0, 0.05) is 45.2 Å². The van der Waals surface area contributed by atoms with Crippen molar-refractivity contribution in [2.45, 2.75) is 36.5 Å². The van der Waals surface area contributed by atoms with Crippen LogP contribution in [0.1, 0.15) is 24.8 Å². The quantitative estimate of drug-likeness (QED) is 0.544. The molecule has 0 bridgehead atoms. The molecular weight excluding hydrogens is 360 g/mol. The second kappa shape index (κ2) is 6.95. The fraction of sp³-hybridized carbons (Fsp3) is 0.364. The molecule has 2 aromatic carbocycles. The van der Waals surface area contributed by atoms with Crippen LogP contribution in [-0.2, 0) is 12.3 Å². The SMILES string of the molecule is Clc1ccc2c(c1)-c1c(c3ccccc3n1CCN1CCCCC1)CS2. The van der Waals surface area contributed by atoms with Gasteiger partial charge in [0.15, 0.2) is 0 Å². The Morgan fingerprint density at radius 2 is 1.81 bits per heavy atom. The number of thioether (sulfide) groups is 1. The van der Waals surface area contributed by atoms with Gasteiger partial charge in [0.05, 0.1) is 5.69 Å². The fourth-order valence-corrected chi connectivity index (χ4v) is 5.69. The lowest BCUT2D eigenvalue weighted by atomic mass is 10.1. The average molecular weight is 383 g/mol. The lowest BCUT2D eigenvalue weighted by Crippen LogP contribution is -2.32. The number of nitrogens with zero attached hydrogens (tertiary/aromatic N) is 2. The average Bonchev–Trinajstić information content (AvgIpc) is 3.01. The van der Waals surface area contributed by atoms with E-state index in [9.17, 15) is 0 Å². The summed E-state index contributed by atoms with van der Waals surface area (Å²) in [4.78, 5) is 3.98. The minimum atomic E-state index is 0.824. The maximum atomic E-state index is 6.37. The minimum absolute atomic E-state index is 0.824. The number of benzene rings is 2. The summed E-state index contributed by atoms with van der Waals surface area (Å²) in [5.74, 6) is 1.04. The van der Waals surface area contributed by atoms with Crippen LogP contribution in [0, 0.1) is 0 Å². The van der Waals surface area contributed by atoms with Gasteiger partial charge < -0.3 is 9.47 Å². The molecule has 26 heavy (non-hydrogen) atoms. The van der Waals surface area contributed by atoms with E-state index in [1.807, 2.05) is 17.8 Å². The molecule has 0 saturated carbocycles. The molecule has 1 aromatic heterocycles. The molecule has 0 atom stereocenters. The van der Waals surface area contributed by atoms with Crippen molar-refractivity contribution >= 4 is 34.3 Å². The number of hydrogen-bond donors (Lipinski definition) is 0. The molecule has 0 aliphatic carbocycles. The second-order valence-electron chi connectivity index (χ2n) is 7.33. The van der Waals surface area contributed by atoms with Gasteiger partial charge in [-0.1, -0.05) is 36.2 Å². The molecular formula is C22H23ClN2S. The standard InChI is InChI=1S/C22H23ClN2S/c23-16-8-9-21-18(14-16)22-19(15-26-21)17-6-2-3-7-20(17)25(22)13-12-24-10-4-1-5-11-24/h2-3,6-9,14H,1,4-5,10-13,15H2. The molecule has 2 nitrogen and oxygen atoms in total. The topological polar surface area (TPSA) is 8.17 Å². The second-order valence-corrected chi connectivity index (χ2v) is 8.78. The maximum absolute atomic E-state index is 6.37. The molecule has 2 aliphatic heterocycles. The Morgan fingerprint density at radius 1 is 0.962 bits per heavy atom. The predicted molar refractivity (Wildman–Crippen MR) is 112 cm³/mol. The summed E-state index contributed by atoms with van der Waals surface area (Å²) in [5.41, 5.74) is 5.53. The fourth-order valence-electron chi connectivity index (χ4n) is 4.45. The van der Waals surface area contributed by atoms with E-state index in [0.29, 0.717) is 0 Å². The predicted octanol–water partition coefficient (Wildman–Crippen LogP) is 6.05. The zero-order valence-electron chi connectivity index (χ0n) is 14.9. The maximum Gasteiger partial charge on any atom is 0.0544 e. The summed E-state index contributed by atoms with van der Waals surface area (Å²) in [6.07, 6.45) is 4.08. The monoisotopic (exact) mass is 382 g/mol. The number of para-hydroxylation sites is 1. The molecule has 4 heteroatoms. The molecule has 1 fully saturated rings. The first-order chi connectivity index (χ1) is 12.8. The van der Waals surface area contributed by atoms with Crippen LogP contribution in [-0.4, -0.2) is 29.1 Å². The molecule has 0 spiro atoms. The van der Waals surface area contributed by atoms with Gasteiger partial charge in [-0.05, 0) is 55.8 Å². The number of aromatic nitrogens is 1. The van der Waals surface area contributed by atoms with E-state index >= 15 is 0 Å². The van der Waals surface area contributed by atoms with E-state index in [0.717, 1.165) is 23.9 Å². The molecule has 2 aliphatic rings. The van der Waals surface area contributed by atoms with Crippen molar-refractivity contribution in [3.05, 3.63) is 53.1 Å². The molecule has 3 heterocycles. The van der Waals surface area contributed by atoms with Crippen LogP contribution in [0.2, 0.25) is 5.02 Å². The zero-order chi connectivity index (χ0) is 17.5. The summed E-state index contributed by atoms with van der Waals surface area (Å²) >= 11 is 8.30. The number of hydrogen-bond acceptors (Lipinski definition) is 2. The molecule has 0 N–H and O–H groups in total. The Labute approximate surface area is 164 Å². The zero-order valence-corrected chi connectivity index (χ0v) is 16.5. The Hall–Kier alpha value is -1.42. The molecule has 0 radical (unpaired) electrons. The number of rotatable bonds is 3. The Kier molecular flexibility index (Phi) is 4.48. The number of piperidine rings is 1. The van der Waals surface area contributed by atoms with Crippen molar-refractivity contribution in [3.8, 4) is 11.3 Å². The van der Waals surface area contributed by atoms with Crippen LogP contribution in [0.25, 0.3) is 22.2 Å². The molecule has 0 unspecified atom stereocenters. The van der Waals surface area contributed by atoms with Gasteiger partial charge in [-0.2, -0.15) is 0 Å². The largest absolute Gasteiger partial charge is 0.339 e. The van der Waals surface area contributed by atoms with E-state index in [1.54, 1.807) is 0 Å². The van der Waals surface area contributed by atoms with E-state index in [2.05, 4.69) is 45.9 Å². The van der Waals surface area contributed by atoms with E-state index in [1.165, 1.54) is 65.0 Å². The van der Waals surface area contributed by atoms with E-state index in [-0.39, 0.29) is 0 Å². The molecule has 0 amide bonds. The van der Waals surface area contributed by atoms with Crippen LogP contribution >= 0.6 is 23.4 Å². The summed E-state index contributed by atoms with van der Waals surface area (Å²) in [7, 11) is 0.